The number of benzene rings is 4. The maximum atomic E-state index is 11.2. The summed E-state index contributed by atoms with van der Waals surface area (Å²) >= 11 is 0. The first-order valence-corrected chi connectivity index (χ1v) is 17.3. The van der Waals surface area contributed by atoms with Gasteiger partial charge in [-0.2, -0.15) is 0 Å². The molecule has 3 aromatic heterocycles. The maximum Gasteiger partial charge on any atom is 0.123 e. The molecule has 0 spiro atoms. The Bertz CT molecular complexity index is 2390. The van der Waals surface area contributed by atoms with Crippen LogP contribution in [-0.2, 0) is 37.3 Å². The van der Waals surface area contributed by atoms with Crippen molar-refractivity contribution < 1.29 is 26.2 Å². The summed E-state index contributed by atoms with van der Waals surface area (Å²) in [5.41, 5.74) is 11.4. The largest absolute Gasteiger partial charge is 0.507 e. The van der Waals surface area contributed by atoms with Gasteiger partial charge in [0.05, 0.1) is 16.9 Å². The summed E-state index contributed by atoms with van der Waals surface area (Å²) in [5, 5.41) is 12.3. The summed E-state index contributed by atoms with van der Waals surface area (Å²) in [4.78, 5) is 14.9. The molecule has 0 saturated heterocycles. The minimum Gasteiger partial charge on any atom is -0.507 e. The van der Waals surface area contributed by atoms with E-state index in [9.17, 15) is 5.11 Å². The van der Waals surface area contributed by atoms with Crippen LogP contribution in [0.5, 0.6) is 5.75 Å². The molecule has 0 saturated carbocycles. The molecular weight excluding hydrogens is 808 g/mol. The van der Waals surface area contributed by atoms with Gasteiger partial charge in [-0.3, -0.25) is 9.97 Å². The van der Waals surface area contributed by atoms with E-state index in [1.54, 1.807) is 6.07 Å². The molecule has 0 radical (unpaired) electrons. The van der Waals surface area contributed by atoms with Crippen molar-refractivity contribution in [3.63, 3.8) is 0 Å². The Morgan fingerprint density at radius 3 is 1.94 bits per heavy atom. The smallest absolute Gasteiger partial charge is 0.123 e. The number of aromatic hydroxyl groups is 1. The van der Waals surface area contributed by atoms with Crippen LogP contribution in [0.4, 0.5) is 0 Å². The third-order valence-corrected chi connectivity index (χ3v) is 9.61. The van der Waals surface area contributed by atoms with Crippen LogP contribution >= 0.6 is 0 Å². The van der Waals surface area contributed by atoms with E-state index in [4.69, 9.17) is 15.0 Å². The molecule has 6 heteroatoms. The van der Waals surface area contributed by atoms with Gasteiger partial charge in [0.25, 0.3) is 0 Å². The molecule has 1 N–H and O–H groups in total. The molecule has 0 fully saturated rings. The molecule has 7 aromatic rings. The van der Waals surface area contributed by atoms with Crippen molar-refractivity contribution >= 4 is 21.9 Å². The summed E-state index contributed by atoms with van der Waals surface area (Å²) in [5.74, 6) is 0.950. The molecule has 0 atom stereocenters. The fraction of sp³-hybridized carbons (Fsp3) is 0.267. The van der Waals surface area contributed by atoms with Crippen molar-refractivity contribution in [3.05, 3.63) is 126 Å². The number of hydrogen-bond donors (Lipinski definition) is 1. The van der Waals surface area contributed by atoms with Crippen molar-refractivity contribution in [2.75, 3.05) is 0 Å². The van der Waals surface area contributed by atoms with Crippen LogP contribution in [0.25, 0.3) is 61.3 Å². The summed E-state index contributed by atoms with van der Waals surface area (Å²) in [7, 11) is 0. The molecule has 0 bridgehead atoms. The second kappa shape index (κ2) is 13.2. The Balaban J connectivity index is 0.00000448. The number of pyridine rings is 2. The molecule has 0 aliphatic rings. The topological polar surface area (TPSA) is 63.8 Å². The minimum atomic E-state index is -0.0833. The predicted octanol–water partition coefficient (Wildman–Crippen LogP) is 11.4. The fourth-order valence-corrected chi connectivity index (χ4v) is 6.56. The maximum absolute atomic E-state index is 11.2. The normalized spacial score (nSPS) is 12.3. The first-order chi connectivity index (χ1) is 23.6. The fourth-order valence-electron chi connectivity index (χ4n) is 6.56. The molecule has 0 aliphatic carbocycles. The van der Waals surface area contributed by atoms with Gasteiger partial charge in [0.15, 0.2) is 0 Å². The number of para-hydroxylation sites is 1. The summed E-state index contributed by atoms with van der Waals surface area (Å²) < 4.78 is 2.19. The summed E-state index contributed by atoms with van der Waals surface area (Å²) in [6, 6.07) is 33.1. The van der Waals surface area contributed by atoms with Gasteiger partial charge in [-0.05, 0) is 87.1 Å². The SMILES string of the molecule is CC(C)(C)c1ccc(-n2c(-c3[c-]c(-c4cc(C(C)(C)C)cc5cccnc45)cnc3)nc3c(-c4cc(C(C)(C)C)ccc4O)cccc32)cc1.[Pt]. The van der Waals surface area contributed by atoms with Crippen molar-refractivity contribution in [3.8, 4) is 45.1 Å². The van der Waals surface area contributed by atoms with Crippen LogP contribution in [0, 0.1) is 6.07 Å². The quantitative estimate of drug-likeness (QED) is 0.179. The number of aromatic nitrogens is 4. The zero-order valence-electron chi connectivity index (χ0n) is 30.9. The van der Waals surface area contributed by atoms with E-state index in [2.05, 4.69) is 128 Å². The van der Waals surface area contributed by atoms with E-state index in [1.807, 2.05) is 42.9 Å². The first-order valence-electron chi connectivity index (χ1n) is 17.3. The van der Waals surface area contributed by atoms with Crippen LogP contribution < -0.4 is 0 Å². The molecule has 5 nitrogen and oxygen atoms in total. The predicted molar refractivity (Wildman–Crippen MR) is 207 cm³/mol. The third kappa shape index (κ3) is 6.89. The van der Waals surface area contributed by atoms with Crippen LogP contribution in [0.1, 0.15) is 79.0 Å². The van der Waals surface area contributed by atoms with E-state index in [-0.39, 0.29) is 43.1 Å². The Kier molecular flexibility index (Phi) is 9.36. The van der Waals surface area contributed by atoms with Gasteiger partial charge in [-0.25, -0.2) is 0 Å². The zero-order valence-corrected chi connectivity index (χ0v) is 33.1. The second-order valence-corrected chi connectivity index (χ2v) is 16.4. The second-order valence-electron chi connectivity index (χ2n) is 16.4. The van der Waals surface area contributed by atoms with E-state index >= 15 is 0 Å². The Labute approximate surface area is 316 Å². The Morgan fingerprint density at radius 1 is 0.608 bits per heavy atom. The number of fused-ring (bicyclic) bond motifs is 2. The van der Waals surface area contributed by atoms with E-state index < -0.39 is 0 Å². The van der Waals surface area contributed by atoms with E-state index in [0.29, 0.717) is 0 Å². The summed E-state index contributed by atoms with van der Waals surface area (Å²) in [6.45, 7) is 19.9. The van der Waals surface area contributed by atoms with Crippen LogP contribution in [-0.4, -0.2) is 24.6 Å². The van der Waals surface area contributed by atoms with Crippen molar-refractivity contribution in [2.24, 2.45) is 0 Å². The molecule has 0 unspecified atom stereocenters. The van der Waals surface area contributed by atoms with Crippen molar-refractivity contribution in [2.45, 2.75) is 78.6 Å². The number of imidazole rings is 1. The minimum absolute atomic E-state index is 0. The molecule has 0 aliphatic heterocycles. The molecule has 0 amide bonds. The van der Waals surface area contributed by atoms with Crippen LogP contribution in [0.15, 0.2) is 104 Å². The molecule has 7 rings (SSSR count). The number of phenols is 1. The average molecular weight is 853 g/mol. The molecular formula is C45H45N4OPt-. The average Bonchev–Trinajstić information content (AvgIpc) is 3.47. The number of hydrogen-bond acceptors (Lipinski definition) is 4. The van der Waals surface area contributed by atoms with E-state index in [0.717, 1.165) is 66.8 Å². The number of phenolic OH excluding ortho intramolecular Hbond substituents is 1. The Morgan fingerprint density at radius 2 is 1.25 bits per heavy atom. The summed E-state index contributed by atoms with van der Waals surface area (Å²) in [6.07, 6.45) is 5.55. The van der Waals surface area contributed by atoms with Crippen LogP contribution in [0.3, 0.4) is 0 Å². The monoisotopic (exact) mass is 852 g/mol. The van der Waals surface area contributed by atoms with E-state index in [1.165, 1.54) is 11.1 Å². The van der Waals surface area contributed by atoms with Gasteiger partial charge in [0.2, 0.25) is 0 Å². The van der Waals surface area contributed by atoms with Gasteiger partial charge < -0.3 is 14.7 Å². The molecule has 4 aromatic carbocycles. The molecule has 262 valence electrons. The number of rotatable bonds is 4. The van der Waals surface area contributed by atoms with Gasteiger partial charge in [0, 0.05) is 49.6 Å². The zero-order chi connectivity index (χ0) is 35.6. The van der Waals surface area contributed by atoms with Gasteiger partial charge in [-0.15, -0.1) is 6.07 Å². The standard InChI is InChI=1S/C45H45N4O.Pt/c1-43(2,3)31-15-18-34(19-16-31)49-38-14-10-13-35(37-24-32(44(4,5)6)17-20-39(37)50)41(38)48-42(49)30-22-29(26-46-27-30)36-25-33(45(7,8)9)23-28-12-11-21-47-40(28)36;/h10-21,23-27,50H,1-9H3;/q-1;. The van der Waals surface area contributed by atoms with Crippen LogP contribution in [0.2, 0.25) is 0 Å². The molecule has 3 heterocycles. The van der Waals surface area contributed by atoms with Gasteiger partial charge in [-0.1, -0.05) is 128 Å². The van der Waals surface area contributed by atoms with Crippen molar-refractivity contribution in [1.29, 1.82) is 0 Å². The molecule has 51 heavy (non-hydrogen) atoms. The van der Waals surface area contributed by atoms with Gasteiger partial charge in [0.1, 0.15) is 5.75 Å². The number of nitrogens with zero attached hydrogens (tertiary/aromatic N) is 4. The third-order valence-electron chi connectivity index (χ3n) is 9.61. The van der Waals surface area contributed by atoms with Crippen molar-refractivity contribution in [1.82, 2.24) is 19.5 Å². The Hall–Kier alpha value is -4.60. The first kappa shape index (κ1) is 36.2. The van der Waals surface area contributed by atoms with Gasteiger partial charge >= 0.3 is 0 Å².